The number of amides is 2. The van der Waals surface area contributed by atoms with Crippen LogP contribution < -0.4 is 10.6 Å². The second kappa shape index (κ2) is 6.83. The first kappa shape index (κ1) is 19.9. The van der Waals surface area contributed by atoms with E-state index in [1.165, 1.54) is 6.92 Å². The number of rotatable bonds is 2. The second-order valence-corrected chi connectivity index (χ2v) is 7.72. The van der Waals surface area contributed by atoms with Gasteiger partial charge in [0.05, 0.1) is 17.9 Å². The van der Waals surface area contributed by atoms with Crippen molar-refractivity contribution < 1.29 is 28.7 Å². The zero-order valence-corrected chi connectivity index (χ0v) is 17.0. The Hall–Kier alpha value is -3.42. The molecule has 30 heavy (non-hydrogen) atoms. The Morgan fingerprint density at radius 1 is 1.27 bits per heavy atom. The van der Waals surface area contributed by atoms with Gasteiger partial charge in [-0.3, -0.25) is 14.4 Å². The Morgan fingerprint density at radius 3 is 2.63 bits per heavy atom. The number of imide groups is 1. The number of benzene rings is 1. The predicted octanol–water partition coefficient (Wildman–Crippen LogP) is 1.83. The Labute approximate surface area is 173 Å². The van der Waals surface area contributed by atoms with Crippen molar-refractivity contribution >= 4 is 29.3 Å². The maximum atomic E-state index is 13.9. The van der Waals surface area contributed by atoms with E-state index in [0.717, 1.165) is 4.90 Å². The molecule has 1 spiro atoms. The third-order valence-corrected chi connectivity index (χ3v) is 5.72. The molecule has 8 nitrogen and oxygen atoms in total. The van der Waals surface area contributed by atoms with Gasteiger partial charge in [0.2, 0.25) is 11.8 Å². The van der Waals surface area contributed by atoms with Gasteiger partial charge in [-0.25, -0.2) is 9.69 Å². The maximum absolute atomic E-state index is 13.9. The number of hydrogen-bond donors (Lipinski definition) is 1. The maximum Gasteiger partial charge on any atom is 0.341 e. The van der Waals surface area contributed by atoms with E-state index in [1.807, 2.05) is 6.92 Å². The summed E-state index contributed by atoms with van der Waals surface area (Å²) >= 11 is 0. The zero-order valence-electron chi connectivity index (χ0n) is 17.0. The molecule has 4 rings (SSSR count). The van der Waals surface area contributed by atoms with E-state index in [4.69, 9.17) is 15.2 Å². The minimum absolute atomic E-state index is 0.0131. The predicted molar refractivity (Wildman–Crippen MR) is 106 cm³/mol. The quantitative estimate of drug-likeness (QED) is 0.740. The summed E-state index contributed by atoms with van der Waals surface area (Å²) in [6.45, 7) is 4.80. The Balaban J connectivity index is 2.12. The van der Waals surface area contributed by atoms with Crippen LogP contribution in [0.2, 0.25) is 0 Å². The van der Waals surface area contributed by atoms with Crippen molar-refractivity contribution in [2.75, 3.05) is 11.5 Å². The summed E-state index contributed by atoms with van der Waals surface area (Å²) < 4.78 is 10.9. The van der Waals surface area contributed by atoms with Crippen LogP contribution in [0.1, 0.15) is 39.2 Å². The number of carbonyl (C=O) groups excluding carboxylic acids is 4. The van der Waals surface area contributed by atoms with E-state index in [1.54, 1.807) is 31.2 Å². The van der Waals surface area contributed by atoms with Gasteiger partial charge < -0.3 is 15.2 Å². The molecule has 0 radical (unpaired) electrons. The third kappa shape index (κ3) is 2.46. The highest BCUT2D eigenvalue weighted by molar-refractivity contribution is 6.30. The number of allylic oxidation sites excluding steroid dienone is 1. The van der Waals surface area contributed by atoms with Crippen molar-refractivity contribution in [1.29, 1.82) is 0 Å². The lowest BCUT2D eigenvalue weighted by Gasteiger charge is -2.39. The number of nitrogens with two attached hydrogens (primary N) is 1. The molecule has 1 aromatic carbocycles. The summed E-state index contributed by atoms with van der Waals surface area (Å²) in [7, 11) is 0. The van der Waals surface area contributed by atoms with Crippen LogP contribution in [0.3, 0.4) is 0 Å². The monoisotopic (exact) mass is 410 g/mol. The molecular weight excluding hydrogens is 388 g/mol. The number of hydrogen-bond acceptors (Lipinski definition) is 7. The van der Waals surface area contributed by atoms with Gasteiger partial charge in [0.25, 0.3) is 5.91 Å². The van der Waals surface area contributed by atoms with Gasteiger partial charge in [0.15, 0.2) is 5.78 Å². The summed E-state index contributed by atoms with van der Waals surface area (Å²) in [5.41, 5.74) is 4.75. The van der Waals surface area contributed by atoms with Gasteiger partial charge in [-0.05, 0) is 18.9 Å². The number of ether oxygens (including phenoxy) is 2. The second-order valence-electron chi connectivity index (χ2n) is 7.72. The molecule has 3 aliphatic rings. The fourth-order valence-electron chi connectivity index (χ4n) is 4.70. The molecule has 0 saturated heterocycles. The van der Waals surface area contributed by atoms with Crippen LogP contribution in [0.4, 0.5) is 5.69 Å². The number of ketones is 1. The van der Waals surface area contributed by atoms with Gasteiger partial charge in [-0.15, -0.1) is 0 Å². The molecule has 1 aliphatic carbocycles. The number of nitrogens with zero attached hydrogens (tertiary/aromatic N) is 1. The first-order valence-corrected chi connectivity index (χ1v) is 9.81. The van der Waals surface area contributed by atoms with Gasteiger partial charge in [0, 0.05) is 25.3 Å². The van der Waals surface area contributed by atoms with Crippen molar-refractivity contribution in [1.82, 2.24) is 0 Å². The van der Waals surface area contributed by atoms with Gasteiger partial charge in [0.1, 0.15) is 16.7 Å². The Bertz CT molecular complexity index is 1070. The number of esters is 1. The van der Waals surface area contributed by atoms with Gasteiger partial charge in [-0.2, -0.15) is 0 Å². The first-order valence-electron chi connectivity index (χ1n) is 9.81. The highest BCUT2D eigenvalue weighted by Gasteiger charge is 2.64. The fourth-order valence-corrected chi connectivity index (χ4v) is 4.70. The lowest BCUT2D eigenvalue weighted by atomic mass is 9.64. The van der Waals surface area contributed by atoms with E-state index < -0.39 is 23.2 Å². The molecule has 1 aromatic rings. The molecule has 0 unspecified atom stereocenters. The molecule has 2 aliphatic heterocycles. The Morgan fingerprint density at radius 2 is 1.97 bits per heavy atom. The van der Waals surface area contributed by atoms with E-state index in [2.05, 4.69) is 0 Å². The van der Waals surface area contributed by atoms with E-state index in [-0.39, 0.29) is 47.5 Å². The molecule has 0 bridgehead atoms. The highest BCUT2D eigenvalue weighted by Crippen LogP contribution is 2.56. The number of anilines is 1. The minimum atomic E-state index is -1.87. The van der Waals surface area contributed by atoms with Crippen LogP contribution >= 0.6 is 0 Å². The van der Waals surface area contributed by atoms with Crippen molar-refractivity contribution in [2.24, 2.45) is 11.7 Å². The topological polar surface area (TPSA) is 116 Å². The lowest BCUT2D eigenvalue weighted by molar-refractivity contribution is -0.141. The summed E-state index contributed by atoms with van der Waals surface area (Å²) in [5.74, 6) is -2.47. The molecule has 8 heteroatoms. The smallest absolute Gasteiger partial charge is 0.341 e. The SMILES string of the molecule is CCOC(=O)C1=C(N)OC2=C(C(=O)C[C@H](C)C2)[C@]12C(=O)N(C(C)=O)c1ccccc12. The van der Waals surface area contributed by atoms with E-state index >= 15 is 0 Å². The van der Waals surface area contributed by atoms with Crippen molar-refractivity contribution in [2.45, 2.75) is 39.0 Å². The largest absolute Gasteiger partial charge is 0.462 e. The average Bonchev–Trinajstić information content (AvgIpc) is 2.90. The number of Topliss-reactive ketones (excluding diaryl/α,β-unsaturated/α-hetero) is 1. The Kier molecular flexibility index (Phi) is 4.52. The molecule has 0 fully saturated rings. The number of fused-ring (bicyclic) bond motifs is 3. The molecular formula is C22H22N2O6. The minimum Gasteiger partial charge on any atom is -0.462 e. The van der Waals surface area contributed by atoms with E-state index in [0.29, 0.717) is 17.7 Å². The number of para-hydroxylation sites is 1. The first-order chi connectivity index (χ1) is 14.2. The molecule has 2 N–H and O–H groups in total. The van der Waals surface area contributed by atoms with Crippen molar-refractivity contribution in [3.05, 3.63) is 52.6 Å². The van der Waals surface area contributed by atoms with Crippen molar-refractivity contribution in [3.8, 4) is 0 Å². The highest BCUT2D eigenvalue weighted by atomic mass is 16.5. The molecule has 0 saturated carbocycles. The van der Waals surface area contributed by atoms with Crippen LogP contribution in [0.15, 0.2) is 47.1 Å². The van der Waals surface area contributed by atoms with Gasteiger partial charge in [-0.1, -0.05) is 25.1 Å². The summed E-state index contributed by atoms with van der Waals surface area (Å²) in [6, 6.07) is 6.59. The molecule has 0 aromatic heterocycles. The molecule has 2 heterocycles. The average molecular weight is 410 g/mol. The van der Waals surface area contributed by atoms with Crippen LogP contribution in [0, 0.1) is 5.92 Å². The van der Waals surface area contributed by atoms with Crippen LogP contribution in [-0.4, -0.2) is 30.2 Å². The molecule has 156 valence electrons. The summed E-state index contributed by atoms with van der Waals surface area (Å²) in [5, 5.41) is 0. The lowest BCUT2D eigenvalue weighted by Crippen LogP contribution is -2.52. The normalized spacial score (nSPS) is 25.3. The molecule has 2 atom stereocenters. The standard InChI is InChI=1S/C22H22N2O6/c1-4-29-20(27)18-19(23)30-16-10-11(2)9-15(26)17(16)22(18)13-7-5-6-8-14(13)24(12(3)25)21(22)28/h5-8,11H,4,9-10,23H2,1-3H3/t11-,22-/m0/s1. The van der Waals surface area contributed by atoms with Gasteiger partial charge >= 0.3 is 5.97 Å². The zero-order chi connectivity index (χ0) is 21.8. The fraction of sp³-hybridized carbons (Fsp3) is 0.364. The third-order valence-electron chi connectivity index (χ3n) is 5.72. The van der Waals surface area contributed by atoms with E-state index in [9.17, 15) is 19.2 Å². The number of carbonyl (C=O) groups is 4. The van der Waals surface area contributed by atoms with Crippen LogP contribution in [0.25, 0.3) is 0 Å². The molecule has 2 amide bonds. The summed E-state index contributed by atoms with van der Waals surface area (Å²) in [4.78, 5) is 53.6. The summed E-state index contributed by atoms with van der Waals surface area (Å²) in [6.07, 6.45) is 0.574. The van der Waals surface area contributed by atoms with Crippen LogP contribution in [-0.2, 0) is 34.1 Å². The van der Waals surface area contributed by atoms with Crippen LogP contribution in [0.5, 0.6) is 0 Å². The van der Waals surface area contributed by atoms with Crippen molar-refractivity contribution in [3.63, 3.8) is 0 Å².